The number of hydrogen-bond acceptors (Lipinski definition) is 3. The lowest BCUT2D eigenvalue weighted by Crippen LogP contribution is -2.12. The molecule has 0 aliphatic rings. The van der Waals surface area contributed by atoms with Crippen LogP contribution in [-0.2, 0) is 0 Å². The Bertz CT molecular complexity index is 980. The van der Waals surface area contributed by atoms with Gasteiger partial charge < -0.3 is 14.8 Å². The van der Waals surface area contributed by atoms with E-state index in [-0.39, 0.29) is 5.91 Å². The van der Waals surface area contributed by atoms with Gasteiger partial charge in [0, 0.05) is 11.3 Å². The number of anilines is 1. The molecule has 0 bridgehead atoms. The van der Waals surface area contributed by atoms with E-state index in [0.717, 1.165) is 35.6 Å². The van der Waals surface area contributed by atoms with E-state index >= 15 is 0 Å². The summed E-state index contributed by atoms with van der Waals surface area (Å²) in [7, 11) is 0. The van der Waals surface area contributed by atoms with Crippen molar-refractivity contribution in [2.45, 2.75) is 33.6 Å². The van der Waals surface area contributed by atoms with E-state index in [1.165, 1.54) is 11.1 Å². The summed E-state index contributed by atoms with van der Waals surface area (Å²) < 4.78 is 11.5. The van der Waals surface area contributed by atoms with Gasteiger partial charge in [-0.05, 0) is 87.2 Å². The zero-order valence-electron chi connectivity index (χ0n) is 17.9. The van der Waals surface area contributed by atoms with Crippen LogP contribution in [0, 0.1) is 20.8 Å². The molecule has 4 heteroatoms. The van der Waals surface area contributed by atoms with Crippen LogP contribution in [0.15, 0.2) is 66.7 Å². The highest BCUT2D eigenvalue weighted by molar-refractivity contribution is 6.04. The van der Waals surface area contributed by atoms with Gasteiger partial charge in [-0.2, -0.15) is 0 Å². The molecule has 0 aromatic heterocycles. The summed E-state index contributed by atoms with van der Waals surface area (Å²) in [6, 6.07) is 21.3. The third kappa shape index (κ3) is 6.38. The molecule has 0 fully saturated rings. The average Bonchev–Trinajstić information content (AvgIpc) is 2.73. The van der Waals surface area contributed by atoms with Crippen molar-refractivity contribution in [2.24, 2.45) is 0 Å². The van der Waals surface area contributed by atoms with E-state index in [9.17, 15) is 4.79 Å². The summed E-state index contributed by atoms with van der Waals surface area (Å²) in [6.07, 6.45) is 1.82. The number of hydrogen-bond donors (Lipinski definition) is 1. The van der Waals surface area contributed by atoms with Gasteiger partial charge in [-0.25, -0.2) is 0 Å². The van der Waals surface area contributed by atoms with Gasteiger partial charge in [0.05, 0.1) is 13.2 Å². The number of benzene rings is 3. The lowest BCUT2D eigenvalue weighted by molar-refractivity contribution is 0.102. The molecule has 0 unspecified atom stereocenters. The molecule has 1 N–H and O–H groups in total. The van der Waals surface area contributed by atoms with Crippen molar-refractivity contribution in [3.63, 3.8) is 0 Å². The van der Waals surface area contributed by atoms with Gasteiger partial charge in [-0.15, -0.1) is 0 Å². The lowest BCUT2D eigenvalue weighted by Gasteiger charge is -2.10. The monoisotopic (exact) mass is 403 g/mol. The van der Waals surface area contributed by atoms with E-state index in [0.29, 0.717) is 18.8 Å². The first-order valence-corrected chi connectivity index (χ1v) is 10.3. The van der Waals surface area contributed by atoms with Gasteiger partial charge in [0.2, 0.25) is 0 Å². The Morgan fingerprint density at radius 3 is 2.10 bits per heavy atom. The molecule has 0 atom stereocenters. The molecule has 4 nitrogen and oxygen atoms in total. The highest BCUT2D eigenvalue weighted by atomic mass is 16.5. The van der Waals surface area contributed by atoms with Gasteiger partial charge in [0.25, 0.3) is 5.91 Å². The Morgan fingerprint density at radius 2 is 1.43 bits per heavy atom. The summed E-state index contributed by atoms with van der Waals surface area (Å²) in [6.45, 7) is 7.37. The largest absolute Gasteiger partial charge is 0.494 e. The van der Waals surface area contributed by atoms with Crippen LogP contribution in [0.2, 0.25) is 0 Å². The van der Waals surface area contributed by atoms with Gasteiger partial charge in [0.1, 0.15) is 11.5 Å². The molecular weight excluding hydrogens is 374 g/mol. The number of carbonyl (C=O) groups is 1. The maximum atomic E-state index is 12.5. The van der Waals surface area contributed by atoms with Crippen molar-refractivity contribution in [1.29, 1.82) is 0 Å². The second kappa shape index (κ2) is 10.5. The molecule has 3 rings (SSSR count). The minimum absolute atomic E-state index is 0.123. The summed E-state index contributed by atoms with van der Waals surface area (Å²) in [5.74, 6) is 1.55. The van der Waals surface area contributed by atoms with Crippen molar-refractivity contribution in [2.75, 3.05) is 18.5 Å². The summed E-state index contributed by atoms with van der Waals surface area (Å²) in [5, 5.41) is 2.96. The fourth-order valence-electron chi connectivity index (χ4n) is 3.14. The van der Waals surface area contributed by atoms with E-state index in [2.05, 4.69) is 24.4 Å². The van der Waals surface area contributed by atoms with E-state index in [1.807, 2.05) is 56.3 Å². The van der Waals surface area contributed by atoms with E-state index < -0.39 is 0 Å². The van der Waals surface area contributed by atoms with Crippen LogP contribution >= 0.6 is 0 Å². The lowest BCUT2D eigenvalue weighted by atomic mass is 10.1. The highest BCUT2D eigenvalue weighted by Gasteiger charge is 2.08. The highest BCUT2D eigenvalue weighted by Crippen LogP contribution is 2.19. The van der Waals surface area contributed by atoms with E-state index in [1.54, 1.807) is 12.1 Å². The summed E-state index contributed by atoms with van der Waals surface area (Å²) in [5.41, 5.74) is 4.86. The molecule has 0 radical (unpaired) electrons. The normalized spacial score (nSPS) is 10.5. The molecule has 156 valence electrons. The quantitative estimate of drug-likeness (QED) is 0.439. The molecule has 0 saturated carbocycles. The molecule has 0 heterocycles. The van der Waals surface area contributed by atoms with E-state index in [4.69, 9.17) is 9.47 Å². The average molecular weight is 404 g/mol. The number of nitrogens with one attached hydrogen (secondary N) is 1. The number of ether oxygens (including phenoxy) is 2. The Balaban J connectivity index is 1.39. The first kappa shape index (κ1) is 21.4. The second-order valence-electron chi connectivity index (χ2n) is 7.52. The molecule has 1 amide bonds. The number of rotatable bonds is 9. The van der Waals surface area contributed by atoms with Crippen molar-refractivity contribution in [3.8, 4) is 11.5 Å². The predicted octanol–water partition coefficient (Wildman–Crippen LogP) is 6.10. The van der Waals surface area contributed by atoms with Crippen LogP contribution in [-0.4, -0.2) is 19.1 Å². The third-order valence-electron chi connectivity index (χ3n) is 4.81. The molecule has 3 aromatic carbocycles. The molecular formula is C26H29NO3. The zero-order chi connectivity index (χ0) is 21.3. The van der Waals surface area contributed by atoms with Crippen LogP contribution in [0.1, 0.15) is 39.9 Å². The van der Waals surface area contributed by atoms with Gasteiger partial charge in [0.15, 0.2) is 0 Å². The number of unbranched alkanes of at least 4 members (excludes halogenated alkanes) is 1. The van der Waals surface area contributed by atoms with Crippen LogP contribution in [0.5, 0.6) is 11.5 Å². The molecule has 0 spiro atoms. The Hall–Kier alpha value is -3.27. The molecule has 0 aliphatic carbocycles. The van der Waals surface area contributed by atoms with Crippen LogP contribution in [0.25, 0.3) is 0 Å². The standard InChI is InChI=1S/C26H29NO3/c1-19-7-6-8-24(18-19)30-16-5-4-15-29-23-12-10-22(11-13-23)26(28)27-25-14-9-20(2)17-21(25)3/h6-14,17-18H,4-5,15-16H2,1-3H3,(H,27,28). The number of aryl methyl sites for hydroxylation is 3. The number of carbonyl (C=O) groups excluding carboxylic acids is 1. The first-order chi connectivity index (χ1) is 14.5. The molecule has 0 saturated heterocycles. The topological polar surface area (TPSA) is 47.6 Å². The maximum Gasteiger partial charge on any atom is 0.255 e. The van der Waals surface area contributed by atoms with Gasteiger partial charge >= 0.3 is 0 Å². The Morgan fingerprint density at radius 1 is 0.767 bits per heavy atom. The fourth-order valence-corrected chi connectivity index (χ4v) is 3.14. The van der Waals surface area contributed by atoms with Crippen molar-refractivity contribution < 1.29 is 14.3 Å². The molecule has 30 heavy (non-hydrogen) atoms. The van der Waals surface area contributed by atoms with Crippen LogP contribution in [0.4, 0.5) is 5.69 Å². The zero-order valence-corrected chi connectivity index (χ0v) is 17.9. The maximum absolute atomic E-state index is 12.5. The minimum Gasteiger partial charge on any atom is -0.494 e. The predicted molar refractivity (Wildman–Crippen MR) is 122 cm³/mol. The molecule has 3 aromatic rings. The SMILES string of the molecule is Cc1cccc(OCCCCOc2ccc(C(=O)Nc3ccc(C)cc3C)cc2)c1. The van der Waals surface area contributed by atoms with Gasteiger partial charge in [-0.3, -0.25) is 4.79 Å². The van der Waals surface area contributed by atoms with Crippen LogP contribution < -0.4 is 14.8 Å². The summed E-state index contributed by atoms with van der Waals surface area (Å²) in [4.78, 5) is 12.5. The summed E-state index contributed by atoms with van der Waals surface area (Å²) >= 11 is 0. The first-order valence-electron chi connectivity index (χ1n) is 10.3. The van der Waals surface area contributed by atoms with Crippen molar-refractivity contribution >= 4 is 11.6 Å². The minimum atomic E-state index is -0.123. The van der Waals surface area contributed by atoms with Crippen molar-refractivity contribution in [3.05, 3.63) is 89.0 Å². The third-order valence-corrected chi connectivity index (χ3v) is 4.81. The molecule has 0 aliphatic heterocycles. The fraction of sp³-hybridized carbons (Fsp3) is 0.269. The number of amides is 1. The van der Waals surface area contributed by atoms with Crippen LogP contribution in [0.3, 0.4) is 0 Å². The smallest absolute Gasteiger partial charge is 0.255 e. The Labute approximate surface area is 178 Å². The van der Waals surface area contributed by atoms with Gasteiger partial charge in [-0.1, -0.05) is 29.8 Å². The van der Waals surface area contributed by atoms with Crippen molar-refractivity contribution in [1.82, 2.24) is 0 Å². The second-order valence-corrected chi connectivity index (χ2v) is 7.52. The Kier molecular flexibility index (Phi) is 7.50.